The molecule has 4 nitrogen and oxygen atoms in total. The Morgan fingerprint density at radius 3 is 3.24 bits per heavy atom. The summed E-state index contributed by atoms with van der Waals surface area (Å²) in [4.78, 5) is 13.1. The van der Waals surface area contributed by atoms with Crippen LogP contribution in [-0.2, 0) is 16.1 Å². The quantitative estimate of drug-likeness (QED) is 0.888. The van der Waals surface area contributed by atoms with Gasteiger partial charge in [0.25, 0.3) is 0 Å². The number of amides is 1. The van der Waals surface area contributed by atoms with Crippen molar-refractivity contribution in [3.05, 3.63) is 20.8 Å². The van der Waals surface area contributed by atoms with Gasteiger partial charge in [0.15, 0.2) is 0 Å². The number of ether oxygens (including phenoxy) is 1. The van der Waals surface area contributed by atoms with Gasteiger partial charge in [-0.2, -0.15) is 0 Å². The number of morpholine rings is 1. The van der Waals surface area contributed by atoms with Crippen LogP contribution in [0, 0.1) is 0 Å². The van der Waals surface area contributed by atoms with Crippen molar-refractivity contribution in [2.75, 3.05) is 13.2 Å². The molecule has 17 heavy (non-hydrogen) atoms. The normalized spacial score (nSPS) is 24.6. The van der Waals surface area contributed by atoms with Gasteiger partial charge in [0, 0.05) is 15.9 Å². The molecule has 2 atom stereocenters. The molecule has 1 aromatic heterocycles. The van der Waals surface area contributed by atoms with Crippen molar-refractivity contribution in [3.63, 3.8) is 0 Å². The molecule has 1 saturated heterocycles. The number of halogens is 1. The third-order valence-corrected chi connectivity index (χ3v) is 4.64. The Labute approximate surface area is 113 Å². The van der Waals surface area contributed by atoms with Crippen LogP contribution < -0.4 is 10.6 Å². The van der Waals surface area contributed by atoms with E-state index in [-0.39, 0.29) is 18.1 Å². The van der Waals surface area contributed by atoms with E-state index in [9.17, 15) is 4.79 Å². The highest BCUT2D eigenvalue weighted by molar-refractivity contribution is 9.10. The third-order valence-electron chi connectivity index (χ3n) is 2.71. The zero-order chi connectivity index (χ0) is 12.3. The predicted molar refractivity (Wildman–Crippen MR) is 71.1 cm³/mol. The fraction of sp³-hybridized carbons (Fsp3) is 0.545. The van der Waals surface area contributed by atoms with Gasteiger partial charge in [0.2, 0.25) is 5.91 Å². The summed E-state index contributed by atoms with van der Waals surface area (Å²) in [5, 5.41) is 8.09. The summed E-state index contributed by atoms with van der Waals surface area (Å²) in [6.45, 7) is 3.87. The monoisotopic (exact) mass is 318 g/mol. The highest BCUT2D eigenvalue weighted by Crippen LogP contribution is 2.22. The second-order valence-corrected chi connectivity index (χ2v) is 5.77. The summed E-state index contributed by atoms with van der Waals surface area (Å²) in [6.07, 6.45) is -0.0736. The Morgan fingerprint density at radius 1 is 1.76 bits per heavy atom. The minimum absolute atomic E-state index is 0.00231. The van der Waals surface area contributed by atoms with Gasteiger partial charge in [0.1, 0.15) is 6.04 Å². The molecule has 6 heteroatoms. The van der Waals surface area contributed by atoms with E-state index in [4.69, 9.17) is 4.74 Å². The fourth-order valence-corrected chi connectivity index (χ4v) is 3.19. The van der Waals surface area contributed by atoms with Crippen molar-refractivity contribution in [3.8, 4) is 0 Å². The highest BCUT2D eigenvalue weighted by atomic mass is 79.9. The number of hydrogen-bond donors (Lipinski definition) is 2. The molecule has 1 aliphatic heterocycles. The van der Waals surface area contributed by atoms with Crippen LogP contribution in [0.3, 0.4) is 0 Å². The fourth-order valence-electron chi connectivity index (χ4n) is 1.76. The second-order valence-electron chi connectivity index (χ2n) is 3.92. The topological polar surface area (TPSA) is 50.4 Å². The van der Waals surface area contributed by atoms with Crippen LogP contribution in [0.4, 0.5) is 0 Å². The molecule has 1 amide bonds. The van der Waals surface area contributed by atoms with Gasteiger partial charge in [-0.15, -0.1) is 11.3 Å². The van der Waals surface area contributed by atoms with Crippen molar-refractivity contribution >= 4 is 33.2 Å². The lowest BCUT2D eigenvalue weighted by Gasteiger charge is -2.29. The number of nitrogens with one attached hydrogen (secondary N) is 2. The molecule has 0 aliphatic carbocycles. The molecule has 0 radical (unpaired) electrons. The molecule has 0 unspecified atom stereocenters. The number of carbonyl (C=O) groups is 1. The predicted octanol–water partition coefficient (Wildman–Crippen LogP) is 1.50. The smallest absolute Gasteiger partial charge is 0.240 e. The molecule has 1 fully saturated rings. The summed E-state index contributed by atoms with van der Waals surface area (Å²) >= 11 is 5.07. The van der Waals surface area contributed by atoms with E-state index < -0.39 is 0 Å². The number of carbonyl (C=O) groups excluding carboxylic acids is 1. The molecular formula is C11H15BrN2O2S. The summed E-state index contributed by atoms with van der Waals surface area (Å²) in [7, 11) is 0. The average Bonchev–Trinajstić information content (AvgIpc) is 2.72. The first kappa shape index (κ1) is 13.0. The SMILES string of the molecule is C[C@H]1OCCN[C@@H]1C(=O)NCc1sccc1Br. The molecular weight excluding hydrogens is 304 g/mol. The number of thiophene rings is 1. The van der Waals surface area contributed by atoms with Gasteiger partial charge < -0.3 is 15.4 Å². The van der Waals surface area contributed by atoms with E-state index >= 15 is 0 Å². The molecule has 1 aliphatic rings. The zero-order valence-corrected chi connectivity index (χ0v) is 11.9. The molecule has 0 aromatic carbocycles. The van der Waals surface area contributed by atoms with Crippen LogP contribution in [0.15, 0.2) is 15.9 Å². The minimum atomic E-state index is -0.248. The van der Waals surface area contributed by atoms with E-state index in [1.165, 1.54) is 0 Å². The van der Waals surface area contributed by atoms with Gasteiger partial charge >= 0.3 is 0 Å². The lowest BCUT2D eigenvalue weighted by atomic mass is 10.1. The Kier molecular flexibility index (Phi) is 4.55. The maximum Gasteiger partial charge on any atom is 0.240 e. The molecule has 0 bridgehead atoms. The first-order valence-corrected chi connectivity index (χ1v) is 7.20. The molecule has 2 N–H and O–H groups in total. The van der Waals surface area contributed by atoms with Crippen LogP contribution in [0.25, 0.3) is 0 Å². The van der Waals surface area contributed by atoms with E-state index in [0.29, 0.717) is 13.2 Å². The summed E-state index contributed by atoms with van der Waals surface area (Å²) in [6, 6.07) is 1.74. The largest absolute Gasteiger partial charge is 0.375 e. The number of hydrogen-bond acceptors (Lipinski definition) is 4. The standard InChI is InChI=1S/C11H15BrN2O2S/c1-7-10(13-3-4-16-7)11(15)14-6-9-8(12)2-5-17-9/h2,5,7,10,13H,3-4,6H2,1H3,(H,14,15)/t7-,10+/m1/s1. The first-order chi connectivity index (χ1) is 8.18. The Morgan fingerprint density at radius 2 is 2.59 bits per heavy atom. The summed E-state index contributed by atoms with van der Waals surface area (Å²) < 4.78 is 6.49. The Hall–Kier alpha value is -0.430. The lowest BCUT2D eigenvalue weighted by Crippen LogP contribution is -2.55. The van der Waals surface area contributed by atoms with E-state index in [0.717, 1.165) is 15.9 Å². The van der Waals surface area contributed by atoms with Gasteiger partial charge in [-0.1, -0.05) is 0 Å². The van der Waals surface area contributed by atoms with E-state index in [1.54, 1.807) is 11.3 Å². The van der Waals surface area contributed by atoms with Crippen LogP contribution in [0.2, 0.25) is 0 Å². The maximum absolute atomic E-state index is 12.0. The van der Waals surface area contributed by atoms with Crippen molar-refractivity contribution in [2.24, 2.45) is 0 Å². The Bertz CT molecular complexity index is 397. The third kappa shape index (κ3) is 3.28. The molecule has 2 rings (SSSR count). The van der Waals surface area contributed by atoms with Gasteiger partial charge in [0.05, 0.1) is 19.3 Å². The van der Waals surface area contributed by atoms with Crippen LogP contribution >= 0.6 is 27.3 Å². The minimum Gasteiger partial charge on any atom is -0.375 e. The van der Waals surface area contributed by atoms with Crippen LogP contribution in [0.1, 0.15) is 11.8 Å². The molecule has 2 heterocycles. The zero-order valence-electron chi connectivity index (χ0n) is 9.53. The lowest BCUT2D eigenvalue weighted by molar-refractivity contribution is -0.129. The molecule has 0 spiro atoms. The molecule has 94 valence electrons. The summed E-state index contributed by atoms with van der Waals surface area (Å²) in [5.74, 6) is -0.00231. The van der Waals surface area contributed by atoms with Crippen molar-refractivity contribution in [1.29, 1.82) is 0 Å². The van der Waals surface area contributed by atoms with Crippen molar-refractivity contribution in [1.82, 2.24) is 10.6 Å². The highest BCUT2D eigenvalue weighted by Gasteiger charge is 2.27. The first-order valence-electron chi connectivity index (χ1n) is 5.53. The van der Waals surface area contributed by atoms with Gasteiger partial charge in [-0.3, -0.25) is 4.79 Å². The summed E-state index contributed by atoms with van der Waals surface area (Å²) in [5.41, 5.74) is 0. The molecule has 0 saturated carbocycles. The van der Waals surface area contributed by atoms with E-state index in [1.807, 2.05) is 18.4 Å². The average molecular weight is 319 g/mol. The van der Waals surface area contributed by atoms with Crippen LogP contribution in [0.5, 0.6) is 0 Å². The maximum atomic E-state index is 12.0. The Balaban J connectivity index is 1.86. The van der Waals surface area contributed by atoms with Crippen molar-refractivity contribution in [2.45, 2.75) is 25.6 Å². The number of rotatable bonds is 3. The molecule has 1 aromatic rings. The van der Waals surface area contributed by atoms with E-state index in [2.05, 4.69) is 26.6 Å². The van der Waals surface area contributed by atoms with Crippen molar-refractivity contribution < 1.29 is 9.53 Å². The van der Waals surface area contributed by atoms with Gasteiger partial charge in [-0.05, 0) is 34.3 Å². The van der Waals surface area contributed by atoms with Gasteiger partial charge in [-0.25, -0.2) is 0 Å². The van der Waals surface area contributed by atoms with Crippen LogP contribution in [-0.4, -0.2) is 31.2 Å². The second kappa shape index (κ2) is 5.95.